The van der Waals surface area contributed by atoms with Gasteiger partial charge in [-0.05, 0) is 58.0 Å². The van der Waals surface area contributed by atoms with Crippen molar-refractivity contribution in [3.8, 4) is 0 Å². The third-order valence-electron chi connectivity index (χ3n) is 5.65. The van der Waals surface area contributed by atoms with Crippen LogP contribution >= 0.6 is 0 Å². The summed E-state index contributed by atoms with van der Waals surface area (Å²) in [6.07, 6.45) is 3.12. The molecule has 1 heterocycles. The Hall–Kier alpha value is -3.14. The molecule has 0 radical (unpaired) electrons. The Bertz CT molecular complexity index is 983. The van der Waals surface area contributed by atoms with Gasteiger partial charge in [-0.3, -0.25) is 9.98 Å². The number of aryl methyl sites for hydroxylation is 2. The molecule has 1 saturated heterocycles. The van der Waals surface area contributed by atoms with Gasteiger partial charge in [-0.25, -0.2) is 0 Å². The van der Waals surface area contributed by atoms with Gasteiger partial charge in [-0.1, -0.05) is 48.0 Å². The Morgan fingerprint density at radius 3 is 2.57 bits per heavy atom. The third kappa shape index (κ3) is 5.26. The van der Waals surface area contributed by atoms with E-state index in [1.54, 1.807) is 0 Å². The van der Waals surface area contributed by atoms with Crippen molar-refractivity contribution in [2.45, 2.75) is 27.2 Å². The molecule has 2 aromatic rings. The van der Waals surface area contributed by atoms with Gasteiger partial charge in [-0.2, -0.15) is 0 Å². The third-order valence-corrected chi connectivity index (χ3v) is 5.65. The van der Waals surface area contributed by atoms with Crippen LogP contribution in [-0.4, -0.2) is 37.0 Å². The van der Waals surface area contributed by atoms with Gasteiger partial charge < -0.3 is 10.6 Å². The van der Waals surface area contributed by atoms with E-state index in [4.69, 9.17) is 10.7 Å². The molecule has 2 N–H and O–H groups in total. The molecule has 30 heavy (non-hydrogen) atoms. The van der Waals surface area contributed by atoms with Crippen molar-refractivity contribution in [3.63, 3.8) is 0 Å². The van der Waals surface area contributed by atoms with Crippen LogP contribution in [0.25, 0.3) is 11.4 Å². The lowest BCUT2D eigenvalue weighted by Crippen LogP contribution is -2.20. The summed E-state index contributed by atoms with van der Waals surface area (Å²) in [5, 5.41) is 0. The fourth-order valence-electron chi connectivity index (χ4n) is 3.78. The average molecular weight is 401 g/mol. The number of benzene rings is 2. The van der Waals surface area contributed by atoms with E-state index < -0.39 is 0 Å². The molecule has 1 aliphatic heterocycles. The number of hydrogen-bond donors (Lipinski definition) is 1. The van der Waals surface area contributed by atoms with Crippen molar-refractivity contribution in [1.29, 1.82) is 0 Å². The zero-order valence-electron chi connectivity index (χ0n) is 18.4. The van der Waals surface area contributed by atoms with E-state index in [-0.39, 0.29) is 0 Å². The molecule has 0 amide bonds. The summed E-state index contributed by atoms with van der Waals surface area (Å²) in [5.74, 6) is 0.510. The first-order valence-electron chi connectivity index (χ1n) is 10.4. The molecule has 1 fully saturated rings. The lowest BCUT2D eigenvalue weighted by molar-refractivity contribution is 0.463. The lowest BCUT2D eigenvalue weighted by Gasteiger charge is -2.22. The second kappa shape index (κ2) is 9.57. The maximum atomic E-state index is 6.18. The Morgan fingerprint density at radius 2 is 1.87 bits per heavy atom. The molecule has 1 atom stereocenters. The van der Waals surface area contributed by atoms with Crippen molar-refractivity contribution in [1.82, 2.24) is 4.90 Å². The quantitative estimate of drug-likeness (QED) is 0.501. The number of nitrogen functional groups attached to an aromatic ring is 1. The van der Waals surface area contributed by atoms with Gasteiger partial charge in [0, 0.05) is 47.9 Å². The first-order chi connectivity index (χ1) is 14.4. The van der Waals surface area contributed by atoms with E-state index in [1.807, 2.05) is 25.1 Å². The van der Waals surface area contributed by atoms with Gasteiger partial charge in [0.1, 0.15) is 0 Å². The van der Waals surface area contributed by atoms with E-state index in [0.717, 1.165) is 60.0 Å². The average Bonchev–Trinajstić information content (AvgIpc) is 3.21. The Labute approximate surface area is 180 Å². The van der Waals surface area contributed by atoms with Gasteiger partial charge in [0.25, 0.3) is 0 Å². The fraction of sp³-hybridized carbons (Fsp3) is 0.308. The molecule has 2 aromatic carbocycles. The maximum Gasteiger partial charge on any atom is 0.0712 e. The highest BCUT2D eigenvalue weighted by atomic mass is 15.2. The monoisotopic (exact) mass is 400 g/mol. The van der Waals surface area contributed by atoms with Crippen LogP contribution in [-0.2, 0) is 0 Å². The molecule has 4 heteroatoms. The summed E-state index contributed by atoms with van der Waals surface area (Å²) in [4.78, 5) is 11.3. The molecule has 0 spiro atoms. The standard InChI is InChI=1S/C26H32N4/c1-18-6-9-23(10-7-18)26(28-5)15-20(3)29-16-22-12-13-30(17-22)21(4)24-14-19(2)8-11-25(24)27/h6-11,14-15,22H,4-5,12-13,16-17,27H2,1-3H3/b26-15-,29-20-. The van der Waals surface area contributed by atoms with Crippen LogP contribution in [0, 0.1) is 19.8 Å². The highest BCUT2D eigenvalue weighted by molar-refractivity contribution is 5.99. The first kappa shape index (κ1) is 21.6. The number of allylic oxidation sites excluding steroid dienone is 1. The number of nitrogens with two attached hydrogens (primary N) is 1. The minimum absolute atomic E-state index is 0.510. The van der Waals surface area contributed by atoms with Gasteiger partial charge >= 0.3 is 0 Å². The van der Waals surface area contributed by atoms with E-state index in [1.165, 1.54) is 11.1 Å². The van der Waals surface area contributed by atoms with Crippen LogP contribution in [0.1, 0.15) is 35.6 Å². The molecule has 1 aliphatic rings. The van der Waals surface area contributed by atoms with Crippen molar-refractivity contribution in [3.05, 3.63) is 77.4 Å². The van der Waals surface area contributed by atoms with Crippen LogP contribution < -0.4 is 5.73 Å². The number of nitrogens with zero attached hydrogens (tertiary/aromatic N) is 3. The molecule has 0 aromatic heterocycles. The summed E-state index contributed by atoms with van der Waals surface area (Å²) in [6.45, 7) is 17.0. The normalized spacial score (nSPS) is 17.3. The van der Waals surface area contributed by atoms with E-state index in [2.05, 4.69) is 67.4 Å². The number of hydrogen-bond acceptors (Lipinski definition) is 4. The molecule has 0 bridgehead atoms. The van der Waals surface area contributed by atoms with E-state index in [9.17, 15) is 0 Å². The van der Waals surface area contributed by atoms with E-state index >= 15 is 0 Å². The summed E-state index contributed by atoms with van der Waals surface area (Å²) in [5.41, 5.74) is 14.3. The molecular formula is C26H32N4. The van der Waals surface area contributed by atoms with Crippen LogP contribution in [0.5, 0.6) is 0 Å². The van der Waals surface area contributed by atoms with Crippen molar-refractivity contribution < 1.29 is 0 Å². The number of aliphatic imine (C=N–C) groups is 2. The number of anilines is 1. The van der Waals surface area contributed by atoms with Crippen LogP contribution in [0.15, 0.2) is 65.1 Å². The minimum Gasteiger partial charge on any atom is -0.398 e. The fourth-order valence-corrected chi connectivity index (χ4v) is 3.78. The molecule has 0 saturated carbocycles. The Kier molecular flexibility index (Phi) is 6.88. The maximum absolute atomic E-state index is 6.18. The predicted octanol–water partition coefficient (Wildman–Crippen LogP) is 5.38. The second-order valence-corrected chi connectivity index (χ2v) is 8.17. The largest absolute Gasteiger partial charge is 0.398 e. The topological polar surface area (TPSA) is 54.0 Å². The highest BCUT2D eigenvalue weighted by Gasteiger charge is 2.24. The van der Waals surface area contributed by atoms with Gasteiger partial charge in [0.2, 0.25) is 0 Å². The van der Waals surface area contributed by atoms with Gasteiger partial charge in [0.15, 0.2) is 0 Å². The predicted molar refractivity (Wildman–Crippen MR) is 131 cm³/mol. The Morgan fingerprint density at radius 1 is 1.17 bits per heavy atom. The van der Waals surface area contributed by atoms with Crippen molar-refractivity contribution in [2.24, 2.45) is 15.9 Å². The molecule has 4 nitrogen and oxygen atoms in total. The highest BCUT2D eigenvalue weighted by Crippen LogP contribution is 2.29. The number of likely N-dealkylation sites (tertiary alicyclic amines) is 1. The van der Waals surface area contributed by atoms with Crippen LogP contribution in [0.2, 0.25) is 0 Å². The smallest absolute Gasteiger partial charge is 0.0712 e. The SMILES string of the molecule is C=N/C(=C\C(C)=N/CC1CCN(C(=C)c2cc(C)ccc2N)C1)c1ccc(C)cc1. The second-order valence-electron chi connectivity index (χ2n) is 8.17. The molecular weight excluding hydrogens is 368 g/mol. The summed E-state index contributed by atoms with van der Waals surface area (Å²) < 4.78 is 0. The van der Waals surface area contributed by atoms with Gasteiger partial charge in [-0.15, -0.1) is 0 Å². The molecule has 1 unspecified atom stereocenters. The lowest BCUT2D eigenvalue weighted by atomic mass is 10.1. The molecule has 156 valence electrons. The zero-order chi connectivity index (χ0) is 21.7. The van der Waals surface area contributed by atoms with Crippen LogP contribution in [0.3, 0.4) is 0 Å². The molecule has 3 rings (SSSR count). The van der Waals surface area contributed by atoms with Crippen molar-refractivity contribution >= 4 is 29.5 Å². The van der Waals surface area contributed by atoms with Crippen LogP contribution in [0.4, 0.5) is 5.69 Å². The number of rotatable bonds is 7. The Balaban J connectivity index is 1.62. The van der Waals surface area contributed by atoms with Gasteiger partial charge in [0.05, 0.1) is 5.70 Å². The molecule has 0 aliphatic carbocycles. The summed E-state index contributed by atoms with van der Waals surface area (Å²) in [7, 11) is 0. The summed E-state index contributed by atoms with van der Waals surface area (Å²) in [6, 6.07) is 14.4. The first-order valence-corrected chi connectivity index (χ1v) is 10.4. The van der Waals surface area contributed by atoms with E-state index in [0.29, 0.717) is 5.92 Å². The van der Waals surface area contributed by atoms with Crippen molar-refractivity contribution in [2.75, 3.05) is 25.4 Å². The minimum atomic E-state index is 0.510. The summed E-state index contributed by atoms with van der Waals surface area (Å²) >= 11 is 0. The zero-order valence-corrected chi connectivity index (χ0v) is 18.4.